The molecular weight excluding hydrogens is 176 g/mol. The van der Waals surface area contributed by atoms with Crippen molar-refractivity contribution in [1.82, 2.24) is 10.9 Å². The van der Waals surface area contributed by atoms with Crippen molar-refractivity contribution >= 4 is 11.8 Å². The molecule has 0 aromatic heterocycles. The normalized spacial score (nSPS) is 17.1. The fraction of sp³-hybridized carbons (Fsp3) is 0.200. The number of azo groups is 1. The molecule has 1 rings (SSSR count). The van der Waals surface area contributed by atoms with Crippen LogP contribution in [-0.4, -0.2) is 17.4 Å². The van der Waals surface area contributed by atoms with E-state index in [1.165, 1.54) is 12.3 Å². The molecule has 1 heterocycles. The summed E-state index contributed by atoms with van der Waals surface area (Å²) in [4.78, 5) is 22.4. The summed E-state index contributed by atoms with van der Waals surface area (Å²) in [5.74, 6) is 8.15. The molecule has 0 spiro atoms. The average Bonchev–Trinajstić information content (AvgIpc) is 2.65. The van der Waals surface area contributed by atoms with Crippen molar-refractivity contribution in [3.63, 3.8) is 0 Å². The summed E-state index contributed by atoms with van der Waals surface area (Å²) in [5.41, 5.74) is 1.84. The second-order valence-corrected chi connectivity index (χ2v) is 2.24. The van der Waals surface area contributed by atoms with Gasteiger partial charge in [-0.15, -0.1) is 0 Å². The molecule has 6 N–H and O–H groups in total. The molecule has 8 heteroatoms. The number of nitrogens with one attached hydrogen (secondary N) is 2. The fourth-order valence-corrected chi connectivity index (χ4v) is 0.864. The van der Waals surface area contributed by atoms with E-state index in [1.54, 1.807) is 10.9 Å². The third-order valence-corrected chi connectivity index (χ3v) is 1.55. The Kier molecular flexibility index (Phi) is 2.35. The molecular formula is C5H8N6O2. The lowest BCUT2D eigenvalue weighted by atomic mass is 10.00. The Bertz CT molecular complexity index is 265. The zero-order valence-corrected chi connectivity index (χ0v) is 6.52. The smallest absolute Gasteiger partial charge is 0.277 e. The number of hydrogen-bond donors (Lipinski definition) is 4. The van der Waals surface area contributed by atoms with Gasteiger partial charge in [0.2, 0.25) is 0 Å². The molecule has 0 bridgehead atoms. The topological polar surface area (TPSA) is 135 Å². The van der Waals surface area contributed by atoms with Crippen molar-refractivity contribution in [2.75, 3.05) is 0 Å². The highest BCUT2D eigenvalue weighted by molar-refractivity contribution is 6.12. The predicted molar refractivity (Wildman–Crippen MR) is 41.4 cm³/mol. The van der Waals surface area contributed by atoms with Crippen LogP contribution in [0.15, 0.2) is 22.5 Å². The summed E-state index contributed by atoms with van der Waals surface area (Å²) in [6.45, 7) is 0. The monoisotopic (exact) mass is 184 g/mol. The lowest BCUT2D eigenvalue weighted by Gasteiger charge is -2.17. The molecule has 0 radical (unpaired) electrons. The Balaban J connectivity index is 3.02. The van der Waals surface area contributed by atoms with Crippen LogP contribution in [0.25, 0.3) is 0 Å². The lowest BCUT2D eigenvalue weighted by molar-refractivity contribution is -0.134. The third kappa shape index (κ3) is 1.27. The summed E-state index contributed by atoms with van der Waals surface area (Å²) in [6.07, 6.45) is 2.40. The van der Waals surface area contributed by atoms with Crippen LogP contribution in [0.1, 0.15) is 0 Å². The number of hydrazine groups is 2. The summed E-state index contributed by atoms with van der Waals surface area (Å²) in [6, 6.07) is 0. The number of nitrogens with two attached hydrogens (primary N) is 2. The van der Waals surface area contributed by atoms with Crippen molar-refractivity contribution < 1.29 is 9.59 Å². The SMILES string of the molecule is NNC(=O)C1(C(=O)NN)C=CN=N1. The predicted octanol–water partition coefficient (Wildman–Crippen LogP) is -2.32. The van der Waals surface area contributed by atoms with E-state index in [0.717, 1.165) is 0 Å². The van der Waals surface area contributed by atoms with Crippen LogP contribution in [0.3, 0.4) is 0 Å². The molecule has 0 saturated carbocycles. The Morgan fingerprint density at radius 1 is 1.23 bits per heavy atom. The van der Waals surface area contributed by atoms with Gasteiger partial charge in [0, 0.05) is 6.20 Å². The maximum Gasteiger partial charge on any atom is 0.277 e. The quantitative estimate of drug-likeness (QED) is 0.166. The van der Waals surface area contributed by atoms with Crippen LogP contribution >= 0.6 is 0 Å². The molecule has 0 saturated heterocycles. The molecule has 0 unspecified atom stereocenters. The molecule has 13 heavy (non-hydrogen) atoms. The molecule has 2 amide bonds. The van der Waals surface area contributed by atoms with E-state index in [0.29, 0.717) is 0 Å². The molecule has 70 valence electrons. The van der Waals surface area contributed by atoms with E-state index in [1.807, 2.05) is 0 Å². The van der Waals surface area contributed by atoms with E-state index in [-0.39, 0.29) is 0 Å². The van der Waals surface area contributed by atoms with Crippen molar-refractivity contribution in [3.8, 4) is 0 Å². The number of nitrogens with zero attached hydrogens (tertiary/aromatic N) is 2. The van der Waals surface area contributed by atoms with Crippen molar-refractivity contribution in [2.45, 2.75) is 5.54 Å². The number of carbonyl (C=O) groups is 2. The molecule has 0 fully saturated rings. The van der Waals surface area contributed by atoms with Crippen LogP contribution in [0.2, 0.25) is 0 Å². The second kappa shape index (κ2) is 3.29. The summed E-state index contributed by atoms with van der Waals surface area (Å²) < 4.78 is 0. The van der Waals surface area contributed by atoms with E-state index in [2.05, 4.69) is 10.2 Å². The van der Waals surface area contributed by atoms with Gasteiger partial charge in [-0.05, 0) is 6.08 Å². The maximum absolute atomic E-state index is 11.2. The van der Waals surface area contributed by atoms with Crippen LogP contribution in [0.4, 0.5) is 0 Å². The van der Waals surface area contributed by atoms with E-state index in [4.69, 9.17) is 11.7 Å². The largest absolute Gasteiger partial charge is 0.291 e. The third-order valence-electron chi connectivity index (χ3n) is 1.55. The average molecular weight is 184 g/mol. The number of hydrogen-bond acceptors (Lipinski definition) is 6. The summed E-state index contributed by atoms with van der Waals surface area (Å²) in [5, 5.41) is 6.83. The second-order valence-electron chi connectivity index (χ2n) is 2.24. The highest BCUT2D eigenvalue weighted by Crippen LogP contribution is 2.19. The first kappa shape index (κ1) is 9.29. The van der Waals surface area contributed by atoms with Gasteiger partial charge >= 0.3 is 0 Å². The van der Waals surface area contributed by atoms with Gasteiger partial charge in [0.25, 0.3) is 17.4 Å². The molecule has 0 aromatic carbocycles. The van der Waals surface area contributed by atoms with Crippen molar-refractivity contribution in [1.29, 1.82) is 0 Å². The van der Waals surface area contributed by atoms with E-state index in [9.17, 15) is 9.59 Å². The Morgan fingerprint density at radius 3 is 2.08 bits per heavy atom. The van der Waals surface area contributed by atoms with E-state index >= 15 is 0 Å². The van der Waals surface area contributed by atoms with Gasteiger partial charge < -0.3 is 0 Å². The molecule has 0 aromatic rings. The fourth-order valence-electron chi connectivity index (χ4n) is 0.864. The first-order chi connectivity index (χ1) is 6.17. The highest BCUT2D eigenvalue weighted by Gasteiger charge is 2.45. The van der Waals surface area contributed by atoms with Crippen molar-refractivity contribution in [3.05, 3.63) is 12.3 Å². The Morgan fingerprint density at radius 2 is 1.77 bits per heavy atom. The van der Waals surface area contributed by atoms with Gasteiger partial charge in [-0.3, -0.25) is 20.4 Å². The lowest BCUT2D eigenvalue weighted by Crippen LogP contribution is -2.57. The van der Waals surface area contributed by atoms with Crippen LogP contribution in [0.5, 0.6) is 0 Å². The van der Waals surface area contributed by atoms with E-state index < -0.39 is 17.4 Å². The Hall–Kier alpha value is -1.80. The van der Waals surface area contributed by atoms with Crippen LogP contribution in [0, 0.1) is 0 Å². The molecule has 8 nitrogen and oxygen atoms in total. The highest BCUT2D eigenvalue weighted by atomic mass is 16.2. The van der Waals surface area contributed by atoms with Crippen molar-refractivity contribution in [2.24, 2.45) is 21.9 Å². The number of amides is 2. The zero-order chi connectivity index (χ0) is 9.90. The molecule has 0 atom stereocenters. The Labute approximate surface area is 73.0 Å². The van der Waals surface area contributed by atoms with Gasteiger partial charge in [-0.25, -0.2) is 11.7 Å². The van der Waals surface area contributed by atoms with Crippen LogP contribution in [-0.2, 0) is 9.59 Å². The van der Waals surface area contributed by atoms with Gasteiger partial charge in [0.05, 0.1) is 0 Å². The van der Waals surface area contributed by atoms with Gasteiger partial charge in [0.1, 0.15) is 0 Å². The molecule has 1 aliphatic heterocycles. The molecule has 1 aliphatic rings. The number of carbonyl (C=O) groups excluding carboxylic acids is 2. The maximum atomic E-state index is 11.2. The van der Waals surface area contributed by atoms with Gasteiger partial charge in [-0.2, -0.15) is 10.2 Å². The minimum absolute atomic E-state index is 0.798. The summed E-state index contributed by atoms with van der Waals surface area (Å²) >= 11 is 0. The minimum Gasteiger partial charge on any atom is -0.291 e. The van der Waals surface area contributed by atoms with Gasteiger partial charge in [-0.1, -0.05) is 0 Å². The number of rotatable bonds is 2. The zero-order valence-electron chi connectivity index (χ0n) is 6.52. The molecule has 0 aliphatic carbocycles. The first-order valence-electron chi connectivity index (χ1n) is 3.29. The summed E-state index contributed by atoms with van der Waals surface area (Å²) in [7, 11) is 0. The minimum atomic E-state index is -1.76. The standard InChI is InChI=1S/C5H8N6O2/c6-9-3(12)5(4(13)10-7)1-2-8-11-5/h1-2H,6-7H2,(H,9,12)(H,10,13). The first-order valence-corrected chi connectivity index (χ1v) is 3.29. The van der Waals surface area contributed by atoms with Crippen LogP contribution < -0.4 is 22.5 Å². The van der Waals surface area contributed by atoms with Gasteiger partial charge in [0.15, 0.2) is 0 Å².